The Balaban J connectivity index is 1.90. The van der Waals surface area contributed by atoms with Crippen LogP contribution in [0.15, 0.2) is 24.3 Å². The summed E-state index contributed by atoms with van der Waals surface area (Å²) < 4.78 is 55.4. The fourth-order valence-electron chi connectivity index (χ4n) is 5.28. The molecule has 1 aliphatic heterocycles. The summed E-state index contributed by atoms with van der Waals surface area (Å²) in [6.45, 7) is 10.6. The van der Waals surface area contributed by atoms with Gasteiger partial charge in [-0.05, 0) is 49.8 Å². The van der Waals surface area contributed by atoms with E-state index in [1.165, 1.54) is 0 Å². The van der Waals surface area contributed by atoms with E-state index in [0.717, 1.165) is 23.4 Å². The molecule has 2 aromatic heterocycles. The number of aliphatic carboxylic acids is 1. The summed E-state index contributed by atoms with van der Waals surface area (Å²) in [7, 11) is 0. The van der Waals surface area contributed by atoms with Gasteiger partial charge in [0.25, 0.3) is 0 Å². The number of fused-ring (bicyclic) bond motifs is 1. The summed E-state index contributed by atoms with van der Waals surface area (Å²) in [5.74, 6) is -1.25. The average Bonchev–Trinajstić information content (AvgIpc) is 3.20. The van der Waals surface area contributed by atoms with Crippen molar-refractivity contribution in [3.63, 3.8) is 0 Å². The first kappa shape index (κ1) is 25.9. The molecule has 4 rings (SSSR count). The number of aromatic nitrogens is 3. The van der Waals surface area contributed by atoms with Crippen molar-refractivity contribution in [1.29, 1.82) is 0 Å². The van der Waals surface area contributed by atoms with Crippen LogP contribution in [-0.2, 0) is 11.0 Å². The Labute approximate surface area is 206 Å². The van der Waals surface area contributed by atoms with Gasteiger partial charge in [-0.25, -0.2) is 9.37 Å². The first-order valence-electron chi connectivity index (χ1n) is 12.0. The van der Waals surface area contributed by atoms with Gasteiger partial charge in [0.1, 0.15) is 11.6 Å². The molecule has 36 heavy (non-hydrogen) atoms. The van der Waals surface area contributed by atoms with Crippen molar-refractivity contribution >= 4 is 17.4 Å². The lowest BCUT2D eigenvalue weighted by atomic mass is 9.71. The minimum absolute atomic E-state index is 0.0348. The molecule has 0 radical (unpaired) electrons. The number of hydrogen-bond acceptors (Lipinski definition) is 4. The predicted octanol–water partition coefficient (Wildman–Crippen LogP) is 6.31. The van der Waals surface area contributed by atoms with Crippen LogP contribution in [0.25, 0.3) is 16.9 Å². The van der Waals surface area contributed by atoms with Crippen LogP contribution in [0.4, 0.5) is 23.4 Å². The zero-order valence-electron chi connectivity index (χ0n) is 20.9. The van der Waals surface area contributed by atoms with Crippen LogP contribution in [0.3, 0.4) is 0 Å². The third-order valence-electron chi connectivity index (χ3n) is 7.31. The van der Waals surface area contributed by atoms with Crippen LogP contribution < -0.4 is 4.90 Å². The predicted molar refractivity (Wildman–Crippen MR) is 129 cm³/mol. The molecule has 0 bridgehead atoms. The molecule has 0 saturated carbocycles. The lowest BCUT2D eigenvalue weighted by molar-refractivity contribution is -0.152. The van der Waals surface area contributed by atoms with Crippen molar-refractivity contribution in [3.05, 3.63) is 46.9 Å². The van der Waals surface area contributed by atoms with Gasteiger partial charge < -0.3 is 10.0 Å². The summed E-state index contributed by atoms with van der Waals surface area (Å²) >= 11 is 0. The Kier molecular flexibility index (Phi) is 6.51. The molecular formula is C26H30F4N4O2. The number of benzene rings is 1. The Morgan fingerprint density at radius 2 is 1.86 bits per heavy atom. The van der Waals surface area contributed by atoms with Crippen LogP contribution >= 0.6 is 0 Å². The van der Waals surface area contributed by atoms with E-state index in [-0.39, 0.29) is 29.6 Å². The van der Waals surface area contributed by atoms with Gasteiger partial charge in [0.05, 0.1) is 16.7 Å². The number of halogens is 4. The van der Waals surface area contributed by atoms with Crippen LogP contribution in [-0.4, -0.2) is 38.8 Å². The molecular weight excluding hydrogens is 476 g/mol. The summed E-state index contributed by atoms with van der Waals surface area (Å²) in [6.07, 6.45) is -3.42. The number of carboxylic acid groups (broad SMARTS) is 1. The van der Waals surface area contributed by atoms with Gasteiger partial charge in [-0.15, -0.1) is 0 Å². The van der Waals surface area contributed by atoms with E-state index in [4.69, 9.17) is 0 Å². The molecule has 1 saturated heterocycles. The third-order valence-corrected chi connectivity index (χ3v) is 7.31. The number of aryl methyl sites for hydroxylation is 1. The van der Waals surface area contributed by atoms with E-state index in [9.17, 15) is 27.5 Å². The van der Waals surface area contributed by atoms with Gasteiger partial charge in [-0.1, -0.05) is 27.7 Å². The highest BCUT2D eigenvalue weighted by Gasteiger charge is 2.46. The molecule has 3 aromatic rings. The maximum Gasteiger partial charge on any atom is 0.416 e. The number of alkyl halides is 3. The minimum Gasteiger partial charge on any atom is -0.481 e. The molecule has 1 aliphatic rings. The average molecular weight is 507 g/mol. The lowest BCUT2D eigenvalue weighted by Crippen LogP contribution is -2.51. The second-order valence-electron chi connectivity index (χ2n) is 10.2. The first-order chi connectivity index (χ1) is 16.8. The van der Waals surface area contributed by atoms with Crippen LogP contribution in [0, 0.1) is 24.1 Å². The van der Waals surface area contributed by atoms with Gasteiger partial charge in [0.15, 0.2) is 5.65 Å². The third kappa shape index (κ3) is 4.30. The minimum atomic E-state index is -4.66. The Morgan fingerprint density at radius 1 is 1.17 bits per heavy atom. The number of piperidine rings is 1. The lowest BCUT2D eigenvalue weighted by Gasteiger charge is -2.44. The van der Waals surface area contributed by atoms with Crippen molar-refractivity contribution in [3.8, 4) is 11.3 Å². The highest BCUT2D eigenvalue weighted by Crippen LogP contribution is 2.42. The van der Waals surface area contributed by atoms with E-state index >= 15 is 0 Å². The van der Waals surface area contributed by atoms with Gasteiger partial charge in [-0.2, -0.15) is 22.8 Å². The fourth-order valence-corrected chi connectivity index (χ4v) is 5.28. The second kappa shape index (κ2) is 9.05. The van der Waals surface area contributed by atoms with E-state index in [1.54, 1.807) is 10.6 Å². The number of anilines is 1. The Hall–Kier alpha value is -3.17. The number of nitrogens with zero attached hydrogens (tertiary/aromatic N) is 4. The highest BCUT2D eigenvalue weighted by molar-refractivity contribution is 5.77. The molecule has 0 aliphatic carbocycles. The molecule has 1 N–H and O–H groups in total. The van der Waals surface area contributed by atoms with E-state index in [2.05, 4.69) is 10.1 Å². The monoisotopic (exact) mass is 506 g/mol. The van der Waals surface area contributed by atoms with Crippen molar-refractivity contribution in [2.75, 3.05) is 18.0 Å². The van der Waals surface area contributed by atoms with Gasteiger partial charge in [0, 0.05) is 36.0 Å². The molecule has 0 unspecified atom stereocenters. The quantitative estimate of drug-likeness (QED) is 0.411. The first-order valence-corrected chi connectivity index (χ1v) is 12.0. The van der Waals surface area contributed by atoms with Crippen molar-refractivity contribution in [2.24, 2.45) is 11.3 Å². The number of carboxylic acids is 1. The van der Waals surface area contributed by atoms with Crippen molar-refractivity contribution in [2.45, 2.75) is 59.6 Å². The molecule has 1 atom stereocenters. The molecule has 3 heterocycles. The molecule has 1 fully saturated rings. The zero-order chi connectivity index (χ0) is 26.6. The smallest absolute Gasteiger partial charge is 0.416 e. The van der Waals surface area contributed by atoms with E-state index < -0.39 is 28.9 Å². The number of carbonyl (C=O) groups is 1. The van der Waals surface area contributed by atoms with Gasteiger partial charge in [-0.3, -0.25) is 4.79 Å². The maximum absolute atomic E-state index is 14.8. The largest absolute Gasteiger partial charge is 0.481 e. The maximum atomic E-state index is 14.8. The molecule has 194 valence electrons. The summed E-state index contributed by atoms with van der Waals surface area (Å²) in [5, 5.41) is 14.7. The zero-order valence-corrected chi connectivity index (χ0v) is 20.9. The molecule has 0 spiro atoms. The summed E-state index contributed by atoms with van der Waals surface area (Å²) in [4.78, 5) is 19.1. The second-order valence-corrected chi connectivity index (χ2v) is 10.2. The van der Waals surface area contributed by atoms with Crippen LogP contribution in [0.1, 0.15) is 63.3 Å². The fraction of sp³-hybridized carbons (Fsp3) is 0.500. The normalized spacial score (nSPS) is 19.0. The van der Waals surface area contributed by atoms with E-state index in [0.29, 0.717) is 36.9 Å². The Morgan fingerprint density at radius 3 is 2.42 bits per heavy atom. The van der Waals surface area contributed by atoms with Crippen molar-refractivity contribution < 1.29 is 27.5 Å². The topological polar surface area (TPSA) is 70.7 Å². The number of rotatable bonds is 5. The Bertz CT molecular complexity index is 1320. The van der Waals surface area contributed by atoms with Crippen molar-refractivity contribution in [1.82, 2.24) is 14.6 Å². The molecule has 10 heteroatoms. The van der Waals surface area contributed by atoms with Crippen LogP contribution in [0.2, 0.25) is 0 Å². The van der Waals surface area contributed by atoms with Crippen LogP contribution in [0.5, 0.6) is 0 Å². The summed E-state index contributed by atoms with van der Waals surface area (Å²) in [6, 6.07) is 3.91. The standard InChI is InChI=1S/C26H30F4N4O2/c1-14(2)22-16(5)31-21-12-20(18-8-7-17(11-19(18)27)26(28,29)30)32-34(21)23(22)33-10-6-9-25(13-33,15(3)4)24(35)36/h7-8,11-12,14-15H,6,9-10,13H2,1-5H3,(H,35,36)/t25-/m1/s1. The molecule has 0 amide bonds. The molecule has 1 aromatic carbocycles. The summed E-state index contributed by atoms with van der Waals surface area (Å²) in [5.41, 5.74) is 0.127. The van der Waals surface area contributed by atoms with Gasteiger partial charge >= 0.3 is 12.1 Å². The SMILES string of the molecule is Cc1nc2cc(-c3ccc(C(F)(F)F)cc3F)nn2c(N2CCC[C@](C(=O)O)(C(C)C)C2)c1C(C)C. The van der Waals surface area contributed by atoms with Gasteiger partial charge in [0.2, 0.25) is 0 Å². The number of hydrogen-bond donors (Lipinski definition) is 1. The molecule has 6 nitrogen and oxygen atoms in total. The highest BCUT2D eigenvalue weighted by atomic mass is 19.4. The van der Waals surface area contributed by atoms with E-state index in [1.807, 2.05) is 39.5 Å².